The molecule has 1 aliphatic carbocycles. The average Bonchev–Trinajstić information content (AvgIpc) is 2.62. The third-order valence-electron chi connectivity index (χ3n) is 4.60. The largest absolute Gasteiger partial charge is 0.416 e. The molecule has 1 aromatic rings. The maximum absolute atomic E-state index is 12.5. The Labute approximate surface area is 157 Å². The first-order valence-corrected chi connectivity index (χ1v) is 9.32. The first-order chi connectivity index (χ1) is 12.8. The lowest BCUT2D eigenvalue weighted by Gasteiger charge is -2.22. The van der Waals surface area contributed by atoms with E-state index in [0.717, 1.165) is 37.8 Å². The summed E-state index contributed by atoms with van der Waals surface area (Å²) in [6, 6.07) is 4.85. The van der Waals surface area contributed by atoms with Crippen LogP contribution in [0, 0.1) is 0 Å². The Morgan fingerprint density at radius 2 is 1.63 bits per heavy atom. The predicted octanol–water partition coefficient (Wildman–Crippen LogP) is 3.39. The lowest BCUT2D eigenvalue weighted by atomic mass is 9.96. The van der Waals surface area contributed by atoms with E-state index in [-0.39, 0.29) is 30.9 Å². The fourth-order valence-corrected chi connectivity index (χ4v) is 3.07. The first-order valence-electron chi connectivity index (χ1n) is 9.32. The summed E-state index contributed by atoms with van der Waals surface area (Å²) in [6.07, 6.45) is 1.73. The van der Waals surface area contributed by atoms with E-state index in [1.54, 1.807) is 0 Å². The normalized spacial score (nSPS) is 15.2. The Balaban J connectivity index is 1.57. The van der Waals surface area contributed by atoms with Gasteiger partial charge < -0.3 is 16.0 Å². The first kappa shape index (κ1) is 21.1. The van der Waals surface area contributed by atoms with E-state index in [9.17, 15) is 22.8 Å². The fourth-order valence-electron chi connectivity index (χ4n) is 3.07. The second-order valence-electron chi connectivity index (χ2n) is 6.78. The zero-order valence-corrected chi connectivity index (χ0v) is 15.2. The molecular weight excluding hydrogens is 359 g/mol. The van der Waals surface area contributed by atoms with Crippen LogP contribution >= 0.6 is 0 Å². The molecule has 0 bridgehead atoms. The molecule has 0 aromatic heterocycles. The number of urea groups is 1. The van der Waals surface area contributed by atoms with Crippen molar-refractivity contribution in [2.24, 2.45) is 0 Å². The minimum absolute atomic E-state index is 0.158. The summed E-state index contributed by atoms with van der Waals surface area (Å²) in [6.45, 7) is 0.573. The van der Waals surface area contributed by atoms with Gasteiger partial charge in [0.25, 0.3) is 0 Å². The van der Waals surface area contributed by atoms with Crippen molar-refractivity contribution in [3.63, 3.8) is 0 Å². The highest BCUT2D eigenvalue weighted by atomic mass is 19.4. The van der Waals surface area contributed by atoms with Gasteiger partial charge in [0.05, 0.1) is 5.56 Å². The summed E-state index contributed by atoms with van der Waals surface area (Å²) < 4.78 is 37.5. The molecule has 0 spiro atoms. The van der Waals surface area contributed by atoms with Crippen LogP contribution in [0.1, 0.15) is 49.7 Å². The molecule has 0 atom stereocenters. The van der Waals surface area contributed by atoms with Gasteiger partial charge in [-0.25, -0.2) is 4.79 Å². The third-order valence-corrected chi connectivity index (χ3v) is 4.60. The molecule has 1 aromatic carbocycles. The van der Waals surface area contributed by atoms with Crippen molar-refractivity contribution in [1.29, 1.82) is 0 Å². The third kappa shape index (κ3) is 7.88. The molecule has 1 saturated carbocycles. The number of carbonyl (C=O) groups is 2. The Morgan fingerprint density at radius 1 is 0.963 bits per heavy atom. The molecule has 1 aliphatic rings. The average molecular weight is 385 g/mol. The lowest BCUT2D eigenvalue weighted by molar-refractivity contribution is -0.137. The zero-order chi connectivity index (χ0) is 19.7. The molecular formula is C19H26F3N3O2. The van der Waals surface area contributed by atoms with Gasteiger partial charge in [-0.3, -0.25) is 4.79 Å². The van der Waals surface area contributed by atoms with E-state index < -0.39 is 11.7 Å². The summed E-state index contributed by atoms with van der Waals surface area (Å²) in [5.74, 6) is -0.208. The van der Waals surface area contributed by atoms with Crippen molar-refractivity contribution in [2.45, 2.75) is 57.2 Å². The summed E-state index contributed by atoms with van der Waals surface area (Å²) in [4.78, 5) is 23.5. The monoisotopic (exact) mass is 385 g/mol. The fraction of sp³-hybridized carbons (Fsp3) is 0.579. The van der Waals surface area contributed by atoms with Gasteiger partial charge in [-0.15, -0.1) is 0 Å². The number of carbonyl (C=O) groups excluding carboxylic acids is 2. The van der Waals surface area contributed by atoms with Crippen LogP contribution in [0.4, 0.5) is 18.0 Å². The molecule has 0 radical (unpaired) electrons. The van der Waals surface area contributed by atoms with Gasteiger partial charge in [0.15, 0.2) is 0 Å². The van der Waals surface area contributed by atoms with Crippen molar-refractivity contribution in [2.75, 3.05) is 13.1 Å². The molecule has 1 fully saturated rings. The van der Waals surface area contributed by atoms with Crippen LogP contribution in [-0.2, 0) is 17.4 Å². The number of hydrogen-bond donors (Lipinski definition) is 3. The van der Waals surface area contributed by atoms with Gasteiger partial charge in [0, 0.05) is 25.6 Å². The predicted molar refractivity (Wildman–Crippen MR) is 96.2 cm³/mol. The SMILES string of the molecule is O=C(CCNC(=O)NC1CCCCC1)NCCc1ccc(C(F)(F)F)cc1. The van der Waals surface area contributed by atoms with Gasteiger partial charge in [0.1, 0.15) is 0 Å². The number of nitrogens with one attached hydrogen (secondary N) is 3. The Kier molecular flexibility index (Phi) is 7.94. The highest BCUT2D eigenvalue weighted by molar-refractivity contribution is 5.78. The van der Waals surface area contributed by atoms with Gasteiger partial charge >= 0.3 is 12.2 Å². The highest BCUT2D eigenvalue weighted by Gasteiger charge is 2.29. The van der Waals surface area contributed by atoms with E-state index in [2.05, 4.69) is 16.0 Å². The lowest BCUT2D eigenvalue weighted by Crippen LogP contribution is -2.43. The molecule has 2 rings (SSSR count). The minimum atomic E-state index is -4.34. The number of benzene rings is 1. The zero-order valence-electron chi connectivity index (χ0n) is 15.2. The van der Waals surface area contributed by atoms with Gasteiger partial charge in [-0.2, -0.15) is 13.2 Å². The molecule has 0 heterocycles. The summed E-state index contributed by atoms with van der Waals surface area (Å²) in [7, 11) is 0. The van der Waals surface area contributed by atoms with Crippen molar-refractivity contribution < 1.29 is 22.8 Å². The summed E-state index contributed by atoms with van der Waals surface area (Å²) in [5.41, 5.74) is 0.0288. The van der Waals surface area contributed by atoms with E-state index in [1.807, 2.05) is 0 Å². The molecule has 3 N–H and O–H groups in total. The van der Waals surface area contributed by atoms with Gasteiger partial charge in [0.2, 0.25) is 5.91 Å². The van der Waals surface area contributed by atoms with Gasteiger partial charge in [-0.05, 0) is 37.0 Å². The summed E-state index contributed by atoms with van der Waals surface area (Å²) >= 11 is 0. The van der Waals surface area contributed by atoms with E-state index in [4.69, 9.17) is 0 Å². The number of rotatable bonds is 7. The van der Waals surface area contributed by atoms with E-state index in [0.29, 0.717) is 18.5 Å². The topological polar surface area (TPSA) is 70.2 Å². The van der Waals surface area contributed by atoms with Crippen LogP contribution in [0.3, 0.4) is 0 Å². The van der Waals surface area contributed by atoms with Crippen LogP contribution in [0.2, 0.25) is 0 Å². The number of hydrogen-bond acceptors (Lipinski definition) is 2. The number of alkyl halides is 3. The summed E-state index contributed by atoms with van der Waals surface area (Å²) in [5, 5.41) is 8.28. The maximum Gasteiger partial charge on any atom is 0.416 e. The Bertz CT molecular complexity index is 612. The van der Waals surface area contributed by atoms with Crippen LogP contribution in [0.5, 0.6) is 0 Å². The van der Waals surface area contributed by atoms with Crippen molar-refractivity contribution in [1.82, 2.24) is 16.0 Å². The molecule has 27 heavy (non-hydrogen) atoms. The Morgan fingerprint density at radius 3 is 2.26 bits per heavy atom. The van der Waals surface area contributed by atoms with E-state index in [1.165, 1.54) is 18.6 Å². The quantitative estimate of drug-likeness (QED) is 0.673. The molecule has 150 valence electrons. The molecule has 5 nitrogen and oxygen atoms in total. The molecule has 0 aliphatic heterocycles. The second-order valence-corrected chi connectivity index (χ2v) is 6.78. The standard InChI is InChI=1S/C19H26F3N3O2/c20-19(21,22)15-8-6-14(7-9-15)10-12-23-17(26)11-13-24-18(27)25-16-4-2-1-3-5-16/h6-9,16H,1-5,10-13H2,(H,23,26)(H2,24,25,27). The highest BCUT2D eigenvalue weighted by Crippen LogP contribution is 2.29. The second kappa shape index (κ2) is 10.2. The Hall–Kier alpha value is -2.25. The van der Waals surface area contributed by atoms with Crippen molar-refractivity contribution >= 4 is 11.9 Å². The van der Waals surface area contributed by atoms with Crippen LogP contribution in [0.25, 0.3) is 0 Å². The van der Waals surface area contributed by atoms with Crippen LogP contribution in [-0.4, -0.2) is 31.1 Å². The number of amides is 3. The van der Waals surface area contributed by atoms with Crippen molar-refractivity contribution in [3.05, 3.63) is 35.4 Å². The molecule has 3 amide bonds. The molecule has 8 heteroatoms. The molecule has 0 unspecified atom stereocenters. The van der Waals surface area contributed by atoms with Gasteiger partial charge in [-0.1, -0.05) is 31.4 Å². The molecule has 0 saturated heterocycles. The van der Waals surface area contributed by atoms with Crippen molar-refractivity contribution in [3.8, 4) is 0 Å². The number of halogens is 3. The van der Waals surface area contributed by atoms with Crippen LogP contribution in [0.15, 0.2) is 24.3 Å². The smallest absolute Gasteiger partial charge is 0.356 e. The minimum Gasteiger partial charge on any atom is -0.356 e. The maximum atomic E-state index is 12.5. The van der Waals surface area contributed by atoms with Crippen LogP contribution < -0.4 is 16.0 Å². The van der Waals surface area contributed by atoms with E-state index >= 15 is 0 Å².